The van der Waals surface area contributed by atoms with Crippen molar-refractivity contribution in [3.8, 4) is 5.75 Å². The third kappa shape index (κ3) is 6.44. The van der Waals surface area contributed by atoms with Gasteiger partial charge in [-0.1, -0.05) is 53.0 Å². The molecule has 0 aliphatic rings. The van der Waals surface area contributed by atoms with E-state index < -0.39 is 0 Å². The number of thioether (sulfide) groups is 1. The van der Waals surface area contributed by atoms with Crippen LogP contribution >= 0.6 is 46.6 Å². The molecule has 3 nitrogen and oxygen atoms in total. The van der Waals surface area contributed by atoms with Crippen molar-refractivity contribution in [2.45, 2.75) is 5.75 Å². The van der Waals surface area contributed by atoms with E-state index in [1.807, 2.05) is 24.3 Å². The summed E-state index contributed by atoms with van der Waals surface area (Å²) >= 11 is 19.6. The molecule has 2 aromatic carbocycles. The van der Waals surface area contributed by atoms with Crippen LogP contribution in [-0.4, -0.2) is 24.8 Å². The lowest BCUT2D eigenvalue weighted by atomic mass is 10.2. The third-order valence-corrected chi connectivity index (χ3v) is 4.94. The van der Waals surface area contributed by atoms with E-state index in [2.05, 4.69) is 5.32 Å². The predicted octanol–water partition coefficient (Wildman–Crippen LogP) is 5.08. The molecule has 0 unspecified atom stereocenters. The SMILES string of the molecule is O=C(COc1ccc(Cl)cc1Cl)NCCSCc1ccccc1Cl. The maximum Gasteiger partial charge on any atom is 0.257 e. The number of nitrogens with one attached hydrogen (secondary N) is 1. The summed E-state index contributed by atoms with van der Waals surface area (Å²) in [6, 6.07) is 12.6. The number of benzene rings is 2. The van der Waals surface area contributed by atoms with Crippen molar-refractivity contribution in [1.82, 2.24) is 5.32 Å². The minimum Gasteiger partial charge on any atom is -0.482 e. The second-order valence-electron chi connectivity index (χ2n) is 4.86. The molecule has 128 valence electrons. The van der Waals surface area contributed by atoms with Gasteiger partial charge in [0.25, 0.3) is 5.91 Å². The summed E-state index contributed by atoms with van der Waals surface area (Å²) in [4.78, 5) is 11.7. The Labute approximate surface area is 160 Å². The molecule has 0 atom stereocenters. The van der Waals surface area contributed by atoms with Crippen LogP contribution in [0.2, 0.25) is 15.1 Å². The van der Waals surface area contributed by atoms with Crippen LogP contribution in [0.4, 0.5) is 0 Å². The summed E-state index contributed by atoms with van der Waals surface area (Å²) in [5, 5.41) is 4.46. The van der Waals surface area contributed by atoms with Crippen LogP contribution in [0.1, 0.15) is 5.56 Å². The monoisotopic (exact) mass is 403 g/mol. The van der Waals surface area contributed by atoms with Gasteiger partial charge in [0.05, 0.1) is 5.02 Å². The van der Waals surface area contributed by atoms with Gasteiger partial charge >= 0.3 is 0 Å². The van der Waals surface area contributed by atoms with E-state index in [0.29, 0.717) is 22.3 Å². The topological polar surface area (TPSA) is 38.3 Å². The summed E-state index contributed by atoms with van der Waals surface area (Å²) < 4.78 is 5.37. The number of hydrogen-bond donors (Lipinski definition) is 1. The highest BCUT2D eigenvalue weighted by Gasteiger charge is 2.06. The Morgan fingerprint density at radius 3 is 2.62 bits per heavy atom. The quantitative estimate of drug-likeness (QED) is 0.624. The highest BCUT2D eigenvalue weighted by atomic mass is 35.5. The first-order valence-electron chi connectivity index (χ1n) is 7.22. The van der Waals surface area contributed by atoms with Gasteiger partial charge in [-0.2, -0.15) is 11.8 Å². The zero-order valence-corrected chi connectivity index (χ0v) is 15.8. The minimum atomic E-state index is -0.195. The molecule has 0 aliphatic carbocycles. The molecule has 24 heavy (non-hydrogen) atoms. The summed E-state index contributed by atoms with van der Waals surface area (Å²) in [7, 11) is 0. The van der Waals surface area contributed by atoms with Gasteiger partial charge in [0.1, 0.15) is 5.75 Å². The first-order valence-corrected chi connectivity index (χ1v) is 9.51. The molecular weight excluding hydrogens is 389 g/mol. The number of carbonyl (C=O) groups is 1. The molecule has 0 radical (unpaired) electrons. The van der Waals surface area contributed by atoms with Crippen molar-refractivity contribution < 1.29 is 9.53 Å². The number of carbonyl (C=O) groups excluding carboxylic acids is 1. The third-order valence-electron chi connectivity index (χ3n) is 3.04. The minimum absolute atomic E-state index is 0.0868. The fourth-order valence-electron chi connectivity index (χ4n) is 1.85. The van der Waals surface area contributed by atoms with Crippen LogP contribution in [0.15, 0.2) is 42.5 Å². The first kappa shape index (κ1) is 19.3. The Kier molecular flexibility index (Phi) is 8.06. The molecule has 2 rings (SSSR count). The lowest BCUT2D eigenvalue weighted by Crippen LogP contribution is -2.30. The molecule has 0 fully saturated rings. The number of halogens is 3. The van der Waals surface area contributed by atoms with Crippen LogP contribution in [0, 0.1) is 0 Å². The van der Waals surface area contributed by atoms with Crippen molar-refractivity contribution in [2.75, 3.05) is 18.9 Å². The summed E-state index contributed by atoms with van der Waals surface area (Å²) in [6.07, 6.45) is 0. The van der Waals surface area contributed by atoms with Crippen molar-refractivity contribution in [3.05, 3.63) is 63.1 Å². The first-order chi connectivity index (χ1) is 11.6. The van der Waals surface area contributed by atoms with Gasteiger partial charge in [-0.3, -0.25) is 4.79 Å². The molecule has 2 aromatic rings. The lowest BCUT2D eigenvalue weighted by Gasteiger charge is -2.09. The largest absolute Gasteiger partial charge is 0.482 e. The van der Waals surface area contributed by atoms with Crippen LogP contribution < -0.4 is 10.1 Å². The van der Waals surface area contributed by atoms with E-state index in [1.165, 1.54) is 0 Å². The van der Waals surface area contributed by atoms with Crippen LogP contribution in [0.25, 0.3) is 0 Å². The number of hydrogen-bond acceptors (Lipinski definition) is 3. The van der Waals surface area contributed by atoms with Crippen molar-refractivity contribution in [2.24, 2.45) is 0 Å². The fraction of sp³-hybridized carbons (Fsp3) is 0.235. The molecule has 0 heterocycles. The second kappa shape index (κ2) is 10.0. The van der Waals surface area contributed by atoms with Gasteiger partial charge in [-0.05, 0) is 29.8 Å². The predicted molar refractivity (Wildman–Crippen MR) is 103 cm³/mol. The maximum atomic E-state index is 11.7. The van der Waals surface area contributed by atoms with Gasteiger partial charge in [0.2, 0.25) is 0 Å². The molecule has 0 saturated carbocycles. The Balaban J connectivity index is 1.62. The van der Waals surface area contributed by atoms with Gasteiger partial charge < -0.3 is 10.1 Å². The van der Waals surface area contributed by atoms with Gasteiger partial charge in [-0.15, -0.1) is 0 Å². The molecule has 0 saturated heterocycles. The van der Waals surface area contributed by atoms with E-state index in [4.69, 9.17) is 39.5 Å². The van der Waals surface area contributed by atoms with E-state index >= 15 is 0 Å². The Morgan fingerprint density at radius 1 is 1.08 bits per heavy atom. The average molecular weight is 405 g/mol. The normalized spacial score (nSPS) is 10.5. The Bertz CT molecular complexity index is 697. The standard InChI is InChI=1S/C17H16Cl3NO2S/c18-13-5-6-16(15(20)9-13)23-10-17(22)21-7-8-24-11-12-3-1-2-4-14(12)19/h1-6,9H,7-8,10-11H2,(H,21,22). The number of amides is 1. The van der Waals surface area contributed by atoms with E-state index in [9.17, 15) is 4.79 Å². The highest BCUT2D eigenvalue weighted by molar-refractivity contribution is 7.98. The molecule has 0 bridgehead atoms. The highest BCUT2D eigenvalue weighted by Crippen LogP contribution is 2.27. The number of ether oxygens (including phenoxy) is 1. The molecule has 0 aliphatic heterocycles. The van der Waals surface area contributed by atoms with Crippen LogP contribution in [0.3, 0.4) is 0 Å². The zero-order valence-electron chi connectivity index (χ0n) is 12.7. The summed E-state index contributed by atoms with van der Waals surface area (Å²) in [5.74, 6) is 1.84. The average Bonchev–Trinajstić information content (AvgIpc) is 2.55. The van der Waals surface area contributed by atoms with E-state index in [1.54, 1.807) is 30.0 Å². The van der Waals surface area contributed by atoms with Gasteiger partial charge in [0, 0.05) is 28.1 Å². The maximum absolute atomic E-state index is 11.7. The van der Waals surface area contributed by atoms with Crippen LogP contribution in [-0.2, 0) is 10.5 Å². The Morgan fingerprint density at radius 2 is 1.88 bits per heavy atom. The zero-order chi connectivity index (χ0) is 17.4. The molecule has 7 heteroatoms. The van der Waals surface area contributed by atoms with Gasteiger partial charge in [0.15, 0.2) is 6.61 Å². The molecule has 0 aromatic heterocycles. The molecule has 1 amide bonds. The van der Waals surface area contributed by atoms with Crippen molar-refractivity contribution in [1.29, 1.82) is 0 Å². The van der Waals surface area contributed by atoms with Gasteiger partial charge in [-0.25, -0.2) is 0 Å². The molecule has 1 N–H and O–H groups in total. The number of rotatable bonds is 8. The summed E-state index contributed by atoms with van der Waals surface area (Å²) in [5.41, 5.74) is 1.09. The lowest BCUT2D eigenvalue weighted by molar-refractivity contribution is -0.122. The van der Waals surface area contributed by atoms with E-state index in [-0.39, 0.29) is 12.5 Å². The second-order valence-corrected chi connectivity index (χ2v) is 7.21. The molecule has 0 spiro atoms. The van der Waals surface area contributed by atoms with Crippen molar-refractivity contribution >= 4 is 52.5 Å². The van der Waals surface area contributed by atoms with Crippen LogP contribution in [0.5, 0.6) is 5.75 Å². The van der Waals surface area contributed by atoms with E-state index in [0.717, 1.165) is 22.1 Å². The Hall–Kier alpha value is -1.07. The fourth-order valence-corrected chi connectivity index (χ4v) is 3.45. The smallest absolute Gasteiger partial charge is 0.257 e. The van der Waals surface area contributed by atoms with Crippen molar-refractivity contribution in [3.63, 3.8) is 0 Å². The molecular formula is C17H16Cl3NO2S. The summed E-state index contributed by atoms with van der Waals surface area (Å²) in [6.45, 7) is 0.474.